The van der Waals surface area contributed by atoms with Gasteiger partial charge < -0.3 is 14.8 Å². The van der Waals surface area contributed by atoms with E-state index in [2.05, 4.69) is 5.32 Å². The molecule has 34 heavy (non-hydrogen) atoms. The molecule has 1 heterocycles. The zero-order valence-corrected chi connectivity index (χ0v) is 20.8. The molecule has 0 radical (unpaired) electrons. The van der Waals surface area contributed by atoms with E-state index < -0.39 is 10.0 Å². The van der Waals surface area contributed by atoms with Gasteiger partial charge in [-0.1, -0.05) is 12.1 Å². The predicted octanol–water partition coefficient (Wildman–Crippen LogP) is 5.30. The molecule has 1 amide bonds. The van der Waals surface area contributed by atoms with E-state index >= 15 is 0 Å². The zero-order chi connectivity index (χ0) is 24.5. The van der Waals surface area contributed by atoms with Crippen molar-refractivity contribution in [2.75, 3.05) is 30.9 Å². The van der Waals surface area contributed by atoms with Crippen molar-refractivity contribution in [1.82, 2.24) is 0 Å². The Kier molecular flexibility index (Phi) is 6.49. The molecule has 3 aromatic carbocycles. The molecule has 9 heteroatoms. The van der Waals surface area contributed by atoms with Crippen molar-refractivity contribution in [2.45, 2.75) is 11.8 Å². The normalized spacial score (nSPS) is 11.3. The molecule has 0 atom stereocenters. The second kappa shape index (κ2) is 9.36. The van der Waals surface area contributed by atoms with Crippen molar-refractivity contribution in [3.05, 3.63) is 77.2 Å². The van der Waals surface area contributed by atoms with Crippen molar-refractivity contribution < 1.29 is 22.7 Å². The van der Waals surface area contributed by atoms with E-state index in [1.54, 1.807) is 24.3 Å². The van der Waals surface area contributed by atoms with E-state index in [-0.39, 0.29) is 10.8 Å². The fourth-order valence-electron chi connectivity index (χ4n) is 3.53. The number of ether oxygens (including phenoxy) is 2. The number of hydrogen-bond acceptors (Lipinski definition) is 6. The maximum atomic E-state index is 13.2. The number of aryl methyl sites for hydroxylation is 1. The second-order valence-electron chi connectivity index (χ2n) is 7.65. The number of thiophene rings is 1. The van der Waals surface area contributed by atoms with Crippen LogP contribution in [0.3, 0.4) is 0 Å². The number of amides is 1. The van der Waals surface area contributed by atoms with E-state index in [0.29, 0.717) is 22.1 Å². The van der Waals surface area contributed by atoms with Gasteiger partial charge in [-0.05, 0) is 66.4 Å². The van der Waals surface area contributed by atoms with Crippen LogP contribution in [-0.4, -0.2) is 35.6 Å². The number of nitrogens with zero attached hydrogens (tertiary/aromatic N) is 1. The third-order valence-corrected chi connectivity index (χ3v) is 8.27. The number of rotatable bonds is 7. The van der Waals surface area contributed by atoms with Gasteiger partial charge in [0.05, 0.1) is 29.7 Å². The summed E-state index contributed by atoms with van der Waals surface area (Å²) in [6, 6.07) is 19.1. The van der Waals surface area contributed by atoms with Crippen LogP contribution in [0, 0.1) is 6.92 Å². The van der Waals surface area contributed by atoms with Gasteiger partial charge in [0.15, 0.2) is 11.5 Å². The topological polar surface area (TPSA) is 84.9 Å². The summed E-state index contributed by atoms with van der Waals surface area (Å²) < 4.78 is 39.0. The van der Waals surface area contributed by atoms with Crippen molar-refractivity contribution >= 4 is 48.7 Å². The average molecular weight is 497 g/mol. The summed E-state index contributed by atoms with van der Waals surface area (Å²) in [6.07, 6.45) is 0. The predicted molar refractivity (Wildman–Crippen MR) is 136 cm³/mol. The SMILES string of the molecule is COc1ccc(S(=O)(=O)N(C)c2ccc3sc(C(=O)Nc4cccc(C)c4)cc3c2)cc1OC. The maximum Gasteiger partial charge on any atom is 0.265 e. The molecule has 0 aliphatic rings. The van der Waals surface area contributed by atoms with Crippen LogP contribution < -0.4 is 19.1 Å². The number of anilines is 2. The Bertz CT molecular complexity index is 1480. The number of fused-ring (bicyclic) bond motifs is 1. The third kappa shape index (κ3) is 4.57. The van der Waals surface area contributed by atoms with Crippen molar-refractivity contribution in [2.24, 2.45) is 0 Å². The Balaban J connectivity index is 1.61. The Labute approximate surface area is 202 Å². The summed E-state index contributed by atoms with van der Waals surface area (Å²) in [5, 5.41) is 3.69. The first-order valence-corrected chi connectivity index (χ1v) is 12.6. The van der Waals surface area contributed by atoms with E-state index in [1.165, 1.54) is 49.0 Å². The molecule has 0 fully saturated rings. The van der Waals surface area contributed by atoms with Gasteiger partial charge in [-0.15, -0.1) is 11.3 Å². The fraction of sp³-hybridized carbons (Fsp3) is 0.160. The minimum absolute atomic E-state index is 0.0799. The molecule has 4 rings (SSSR count). The van der Waals surface area contributed by atoms with E-state index in [0.717, 1.165) is 21.3 Å². The zero-order valence-electron chi connectivity index (χ0n) is 19.2. The van der Waals surface area contributed by atoms with Crippen LogP contribution in [0.5, 0.6) is 11.5 Å². The molecular weight excluding hydrogens is 472 g/mol. The molecule has 0 spiro atoms. The summed E-state index contributed by atoms with van der Waals surface area (Å²) in [5.41, 5.74) is 2.26. The smallest absolute Gasteiger partial charge is 0.265 e. The maximum absolute atomic E-state index is 13.2. The van der Waals surface area contributed by atoms with Crippen LogP contribution >= 0.6 is 11.3 Å². The van der Waals surface area contributed by atoms with Gasteiger partial charge in [-0.2, -0.15) is 0 Å². The van der Waals surface area contributed by atoms with Crippen molar-refractivity contribution in [3.8, 4) is 11.5 Å². The molecule has 1 N–H and O–H groups in total. The lowest BCUT2D eigenvalue weighted by Gasteiger charge is -2.20. The molecule has 0 saturated heterocycles. The number of methoxy groups -OCH3 is 2. The standard InChI is InChI=1S/C25H24N2O5S2/c1-16-6-5-7-18(12-16)26-25(28)24-14-17-13-19(8-11-23(17)33-24)27(2)34(29,30)20-9-10-21(31-3)22(15-20)32-4/h5-15H,1-4H3,(H,26,28). The number of hydrogen-bond donors (Lipinski definition) is 1. The average Bonchev–Trinajstić information content (AvgIpc) is 3.26. The number of carbonyl (C=O) groups is 1. The molecule has 0 saturated carbocycles. The van der Waals surface area contributed by atoms with Gasteiger partial charge in [0.25, 0.3) is 15.9 Å². The highest BCUT2D eigenvalue weighted by molar-refractivity contribution is 7.92. The van der Waals surface area contributed by atoms with Gasteiger partial charge >= 0.3 is 0 Å². The van der Waals surface area contributed by atoms with Crippen LogP contribution in [0.2, 0.25) is 0 Å². The molecule has 4 aromatic rings. The quantitative estimate of drug-likeness (QED) is 0.375. The van der Waals surface area contributed by atoms with Crippen LogP contribution in [-0.2, 0) is 10.0 Å². The largest absolute Gasteiger partial charge is 0.493 e. The summed E-state index contributed by atoms with van der Waals surface area (Å²) in [6.45, 7) is 1.96. The van der Waals surface area contributed by atoms with Crippen LogP contribution in [0.25, 0.3) is 10.1 Å². The first kappa shape index (κ1) is 23.6. The summed E-state index contributed by atoms with van der Waals surface area (Å²) >= 11 is 1.35. The molecule has 0 aliphatic heterocycles. The number of sulfonamides is 1. The highest BCUT2D eigenvalue weighted by Crippen LogP contribution is 2.34. The van der Waals surface area contributed by atoms with E-state index in [4.69, 9.17) is 9.47 Å². The van der Waals surface area contributed by atoms with Gasteiger partial charge in [0.1, 0.15) is 0 Å². The van der Waals surface area contributed by atoms with Gasteiger partial charge in [0.2, 0.25) is 0 Å². The molecule has 176 valence electrons. The minimum Gasteiger partial charge on any atom is -0.493 e. The summed E-state index contributed by atoms with van der Waals surface area (Å²) in [7, 11) is 0.584. The monoisotopic (exact) mass is 496 g/mol. The molecule has 7 nitrogen and oxygen atoms in total. The lowest BCUT2D eigenvalue weighted by atomic mass is 10.2. The lowest BCUT2D eigenvalue weighted by molar-refractivity contribution is 0.103. The highest BCUT2D eigenvalue weighted by atomic mass is 32.2. The summed E-state index contributed by atoms with van der Waals surface area (Å²) in [4.78, 5) is 13.4. The Hall–Kier alpha value is -3.56. The van der Waals surface area contributed by atoms with Crippen molar-refractivity contribution in [3.63, 3.8) is 0 Å². The van der Waals surface area contributed by atoms with Crippen LogP contribution in [0.4, 0.5) is 11.4 Å². The molecule has 0 aliphatic carbocycles. The first-order chi connectivity index (χ1) is 16.2. The first-order valence-electron chi connectivity index (χ1n) is 10.4. The number of nitrogens with one attached hydrogen (secondary N) is 1. The van der Waals surface area contributed by atoms with Gasteiger partial charge in [-0.25, -0.2) is 8.42 Å². The molecule has 0 bridgehead atoms. The van der Waals surface area contributed by atoms with Gasteiger partial charge in [0, 0.05) is 23.5 Å². The Morgan fingerprint density at radius 1 is 0.941 bits per heavy atom. The lowest BCUT2D eigenvalue weighted by Crippen LogP contribution is -2.26. The Morgan fingerprint density at radius 2 is 1.71 bits per heavy atom. The summed E-state index contributed by atoms with van der Waals surface area (Å²) in [5.74, 6) is 0.564. The molecular formula is C25H24N2O5S2. The highest BCUT2D eigenvalue weighted by Gasteiger charge is 2.23. The van der Waals surface area contributed by atoms with Crippen LogP contribution in [0.15, 0.2) is 71.6 Å². The van der Waals surface area contributed by atoms with Gasteiger partial charge in [-0.3, -0.25) is 9.10 Å². The number of benzene rings is 3. The third-order valence-electron chi connectivity index (χ3n) is 5.38. The molecule has 1 aromatic heterocycles. The van der Waals surface area contributed by atoms with E-state index in [9.17, 15) is 13.2 Å². The fourth-order valence-corrected chi connectivity index (χ4v) is 5.67. The second-order valence-corrected chi connectivity index (χ2v) is 10.7. The molecule has 0 unspecified atom stereocenters. The Morgan fingerprint density at radius 3 is 2.41 bits per heavy atom. The van der Waals surface area contributed by atoms with Crippen molar-refractivity contribution in [1.29, 1.82) is 0 Å². The number of carbonyl (C=O) groups excluding carboxylic acids is 1. The van der Waals surface area contributed by atoms with Crippen LogP contribution in [0.1, 0.15) is 15.2 Å². The van der Waals surface area contributed by atoms with E-state index in [1.807, 2.05) is 37.3 Å². The minimum atomic E-state index is -3.85.